The third-order valence-corrected chi connectivity index (χ3v) is 13.6. The highest BCUT2D eigenvalue weighted by atomic mass is 16.4. The van der Waals surface area contributed by atoms with Gasteiger partial charge in [0, 0.05) is 37.7 Å². The molecule has 1 saturated heterocycles. The smallest absolute Gasteiger partial charge is 0.326 e. The second-order valence-electron chi connectivity index (χ2n) is 20.5. The van der Waals surface area contributed by atoms with Gasteiger partial charge in [0.25, 0.3) is 5.91 Å². The first-order valence-electron chi connectivity index (χ1n) is 28.2. The van der Waals surface area contributed by atoms with Crippen LogP contribution in [0.3, 0.4) is 0 Å². The van der Waals surface area contributed by atoms with E-state index in [2.05, 4.69) is 74.2 Å². The van der Waals surface area contributed by atoms with Gasteiger partial charge in [0.1, 0.15) is 67.0 Å². The summed E-state index contributed by atoms with van der Waals surface area (Å²) in [4.78, 5) is 156. The van der Waals surface area contributed by atoms with Crippen molar-refractivity contribution in [3.05, 3.63) is 90.0 Å². The van der Waals surface area contributed by atoms with Crippen LogP contribution in [0, 0.1) is 0 Å². The molecule has 32 heteroatoms. The molecule has 3 aromatic rings. The van der Waals surface area contributed by atoms with Crippen LogP contribution in [0.2, 0.25) is 0 Å². The predicted octanol–water partition coefficient (Wildman–Crippen LogP) is -8.08. The molecular formula is C54H84N19O13+. The van der Waals surface area contributed by atoms with E-state index < -0.39 is 145 Å². The number of aromatic nitrogens is 2. The Kier molecular flexibility index (Phi) is 29.6. The number of imidazole rings is 1. The van der Waals surface area contributed by atoms with Crippen molar-refractivity contribution in [1.82, 2.24) is 73.4 Å². The lowest BCUT2D eigenvalue weighted by atomic mass is 10.0. The van der Waals surface area contributed by atoms with Crippen LogP contribution < -0.4 is 87.2 Å². The van der Waals surface area contributed by atoms with E-state index in [4.69, 9.17) is 22.9 Å². The Bertz CT molecular complexity index is 2710. The number of nitrogens with one attached hydrogen (secondary N) is 12. The van der Waals surface area contributed by atoms with Crippen molar-refractivity contribution in [2.24, 2.45) is 22.9 Å². The van der Waals surface area contributed by atoms with Crippen LogP contribution >= 0.6 is 0 Å². The van der Waals surface area contributed by atoms with Gasteiger partial charge in [-0.2, -0.15) is 0 Å². The normalized spacial score (nSPS) is 15.7. The fraction of sp³-hybridized carbons (Fsp3) is 0.519. The standard InChI is InChI=1S/C54H83N19O13/c1-30(65-42(75)25-55)44(77)70-37(22-32-12-5-3-6-13-32)47(80)71-38(23-33-14-7-4-8-15-33)48(81)72-40(28-74)50(83)66-31(2)45(78)68-35(16-9-19-61-53(56)57)46(79)63-27-43(76)67-39(24-34-26-60-29-64-34)49(82)69-36(17-10-20-62-54(58)59)51(84)73-21-11-18-41(73)52(85)86/h3-8,12-15,26,29-31,35-41,53-54,61-62,74H,9-11,16-25,27-28,55-59H2,1-2H3,(H,60,64)(H,63,79)(H,65,75)(H,66,83)(H,67,76)(H,68,78)(H,69,82)(H,70,77)(H,71,80)(H,72,81)(H,85,86)/p+1/t30-,31-,35-,36-,37-,38-,39-,40-,41-/m0/s1. The Morgan fingerprint density at radius 2 is 1.08 bits per heavy atom. The van der Waals surface area contributed by atoms with Crippen molar-refractivity contribution >= 4 is 65.0 Å². The van der Waals surface area contributed by atoms with Crippen LogP contribution in [-0.4, -0.2) is 196 Å². The maximum atomic E-state index is 14.1. The average molecular weight is 1210 g/mol. The number of carbonyl (C=O) groups excluding carboxylic acids is 10. The Morgan fingerprint density at radius 3 is 1.58 bits per heavy atom. The molecule has 1 aromatic heterocycles. The van der Waals surface area contributed by atoms with E-state index in [0.717, 1.165) is 0 Å². The Hall–Kier alpha value is -8.50. The van der Waals surface area contributed by atoms with Gasteiger partial charge in [0.05, 0.1) is 19.5 Å². The number of likely N-dealkylation sites (tertiary alicyclic amines) is 1. The first-order chi connectivity index (χ1) is 41.0. The van der Waals surface area contributed by atoms with Crippen LogP contribution in [0.15, 0.2) is 73.2 Å². The lowest BCUT2D eigenvalue weighted by molar-refractivity contribution is -0.355. The number of benzene rings is 2. The number of H-pyrrole nitrogens is 1. The Balaban J connectivity index is 1.46. The van der Waals surface area contributed by atoms with Gasteiger partial charge in [0.2, 0.25) is 53.2 Å². The summed E-state index contributed by atoms with van der Waals surface area (Å²) in [5.74, 6) is -9.31. The van der Waals surface area contributed by atoms with E-state index >= 15 is 0 Å². The van der Waals surface area contributed by atoms with E-state index in [-0.39, 0.29) is 77.5 Å². The van der Waals surface area contributed by atoms with Crippen LogP contribution in [0.4, 0.5) is 0 Å². The van der Waals surface area contributed by atoms with Crippen LogP contribution in [-0.2, 0) is 72.0 Å². The molecule has 86 heavy (non-hydrogen) atoms. The number of aliphatic hydroxyl groups excluding tert-OH is 1. The molecule has 4 rings (SSSR count). The molecule has 1 aliphatic rings. The number of nitrogens with two attached hydrogens (primary N) is 4. The number of aliphatic carboxylic acids is 1. The highest BCUT2D eigenvalue weighted by molar-refractivity contribution is 5.98. The monoisotopic (exact) mass is 1210 g/mol. The lowest BCUT2D eigenvalue weighted by Crippen LogP contribution is -2.61. The third-order valence-electron chi connectivity index (χ3n) is 13.6. The molecule has 472 valence electrons. The van der Waals surface area contributed by atoms with Crippen molar-refractivity contribution in [3.63, 3.8) is 0 Å². The van der Waals surface area contributed by atoms with Gasteiger partial charge in [-0.05, 0) is 76.6 Å². The number of quaternary nitrogens is 1. The van der Waals surface area contributed by atoms with Crippen molar-refractivity contribution in [3.8, 4) is 0 Å². The molecule has 10 amide bonds. The minimum Gasteiger partial charge on any atom is -0.480 e. The molecule has 0 aliphatic carbocycles. The Morgan fingerprint density at radius 1 is 0.605 bits per heavy atom. The number of aromatic amines is 1. The van der Waals surface area contributed by atoms with Crippen LogP contribution in [0.1, 0.15) is 69.2 Å². The highest BCUT2D eigenvalue weighted by Gasteiger charge is 2.39. The maximum absolute atomic E-state index is 14.1. The molecule has 25 N–H and O–H groups in total. The largest absolute Gasteiger partial charge is 0.480 e. The number of carboxylic acids is 1. The summed E-state index contributed by atoms with van der Waals surface area (Å²) in [6.45, 7) is 1.39. The van der Waals surface area contributed by atoms with E-state index in [1.165, 1.54) is 31.3 Å². The average Bonchev–Trinajstić information content (AvgIpc) is 4.39. The fourth-order valence-electron chi connectivity index (χ4n) is 9.01. The number of nitrogens with zero attached hydrogens (tertiary/aromatic N) is 2. The van der Waals surface area contributed by atoms with Gasteiger partial charge in [-0.1, -0.05) is 60.7 Å². The molecule has 1 aliphatic heterocycles. The summed E-state index contributed by atoms with van der Waals surface area (Å²) < 4.78 is 0. The molecule has 0 unspecified atom stereocenters. The van der Waals surface area contributed by atoms with Crippen LogP contribution in [0.5, 0.6) is 0 Å². The number of amides is 10. The van der Waals surface area contributed by atoms with E-state index in [9.17, 15) is 63.0 Å². The topological polar surface area (TPSA) is 524 Å². The molecule has 0 radical (unpaired) electrons. The fourth-order valence-corrected chi connectivity index (χ4v) is 9.01. The number of carboxylic acid groups (broad SMARTS) is 1. The van der Waals surface area contributed by atoms with Gasteiger partial charge < -0.3 is 96.6 Å². The molecule has 0 bridgehead atoms. The summed E-state index contributed by atoms with van der Waals surface area (Å²) >= 11 is 0. The first kappa shape index (κ1) is 70.0. The van der Waals surface area contributed by atoms with Gasteiger partial charge in [0.15, 0.2) is 6.54 Å². The number of hydrogen-bond acceptors (Lipinski definition) is 19. The Labute approximate surface area is 496 Å². The number of rotatable bonds is 37. The second-order valence-corrected chi connectivity index (χ2v) is 20.5. The van der Waals surface area contributed by atoms with Gasteiger partial charge in [-0.3, -0.25) is 58.6 Å². The molecule has 2 aromatic carbocycles. The second kappa shape index (κ2) is 36.4. The first-order valence-corrected chi connectivity index (χ1v) is 28.2. The molecule has 2 heterocycles. The molecular weight excluding hydrogens is 1120 g/mol. The lowest BCUT2D eigenvalue weighted by Gasteiger charge is -2.29. The zero-order valence-corrected chi connectivity index (χ0v) is 48.2. The van der Waals surface area contributed by atoms with E-state index in [0.29, 0.717) is 23.2 Å². The summed E-state index contributed by atoms with van der Waals surface area (Å²) in [7, 11) is 0. The molecule has 9 atom stereocenters. The molecule has 32 nitrogen and oxygen atoms in total. The number of carbonyl (C=O) groups is 11. The zero-order chi connectivity index (χ0) is 63.3. The predicted molar refractivity (Wildman–Crippen MR) is 308 cm³/mol. The van der Waals surface area contributed by atoms with Crippen molar-refractivity contribution in [2.75, 3.05) is 39.3 Å². The van der Waals surface area contributed by atoms with Crippen molar-refractivity contribution in [2.45, 2.75) is 139 Å². The van der Waals surface area contributed by atoms with Gasteiger partial charge >= 0.3 is 5.97 Å². The van der Waals surface area contributed by atoms with E-state index in [1.807, 2.05) is 0 Å². The highest BCUT2D eigenvalue weighted by Crippen LogP contribution is 2.20. The van der Waals surface area contributed by atoms with E-state index in [1.54, 1.807) is 60.7 Å². The molecule has 0 saturated carbocycles. The minimum atomic E-state index is -1.70. The quantitative estimate of drug-likeness (QED) is 0.0188. The number of aliphatic hydroxyl groups is 1. The third kappa shape index (κ3) is 24.2. The summed E-state index contributed by atoms with van der Waals surface area (Å²) in [6, 6.07) is 5.24. The van der Waals surface area contributed by atoms with Crippen molar-refractivity contribution in [1.29, 1.82) is 0 Å². The van der Waals surface area contributed by atoms with Crippen molar-refractivity contribution < 1.29 is 68.7 Å². The summed E-state index contributed by atoms with van der Waals surface area (Å²) in [5, 5.41) is 48.6. The summed E-state index contributed by atoms with van der Waals surface area (Å²) in [5.41, 5.74) is 27.6. The maximum Gasteiger partial charge on any atom is 0.326 e. The molecule has 1 fully saturated rings. The van der Waals surface area contributed by atoms with Gasteiger partial charge in [-0.15, -0.1) is 0 Å². The minimum absolute atomic E-state index is 0.0293. The number of hydrogen-bond donors (Lipinski definition) is 19. The molecule has 0 spiro atoms. The SMILES string of the molecule is C[C@H](NC(=O)C[NH3+])C(=O)N[C@@H](Cc1ccccc1)C(=O)N[C@@H](Cc1ccccc1)C(=O)N[C@@H](CO)C(=O)N[C@@H](C)C(=O)N[C@@H](CCCNC(N)N)C(=O)NCC(=O)N[C@@H](Cc1cnc[nH]1)C(=O)N[C@@H](CCCNC(N)N)C(=O)N1CCC[C@H]1C(=O)O. The van der Waals surface area contributed by atoms with Gasteiger partial charge in [-0.25, -0.2) is 9.78 Å². The zero-order valence-electron chi connectivity index (χ0n) is 48.2. The summed E-state index contributed by atoms with van der Waals surface area (Å²) in [6.07, 6.45) is 1.72. The van der Waals surface area contributed by atoms with Crippen LogP contribution in [0.25, 0.3) is 0 Å².